The fraction of sp³-hybridized carbons (Fsp3) is 0.833. The van der Waals surface area contributed by atoms with Gasteiger partial charge in [0, 0.05) is 13.1 Å². The molecule has 1 rings (SSSR count). The zero-order valence-corrected chi connectivity index (χ0v) is 9.63. The molecule has 0 aromatic carbocycles. The van der Waals surface area contributed by atoms with Crippen molar-refractivity contribution in [2.75, 3.05) is 33.2 Å². The molecule has 1 atom stereocenters. The lowest BCUT2D eigenvalue weighted by atomic mass is 9.94. The maximum absolute atomic E-state index is 3.54. The van der Waals surface area contributed by atoms with Gasteiger partial charge in [-0.3, -0.25) is 0 Å². The maximum Gasteiger partial charge on any atom is 0.0104 e. The Balaban J connectivity index is 1.95. The molecule has 1 unspecified atom stereocenters. The number of hydrogen-bond acceptors (Lipinski definition) is 2. The topological polar surface area (TPSA) is 15.3 Å². The van der Waals surface area contributed by atoms with Crippen LogP contribution in [0.15, 0.2) is 12.2 Å². The standard InChI is InChI=1S/C12H24N2/c1-3-14(2)10-9-13-11-12-7-5-4-6-8-12/h4-5,12-13H,3,6-11H2,1-2H3. The first kappa shape index (κ1) is 11.7. The molecule has 0 aromatic rings. The van der Waals surface area contributed by atoms with Crippen LogP contribution < -0.4 is 5.32 Å². The van der Waals surface area contributed by atoms with Gasteiger partial charge in [0.25, 0.3) is 0 Å². The van der Waals surface area contributed by atoms with Crippen LogP contribution in [0.4, 0.5) is 0 Å². The molecule has 2 heteroatoms. The Morgan fingerprint density at radius 1 is 1.43 bits per heavy atom. The Labute approximate surface area is 88.4 Å². The van der Waals surface area contributed by atoms with Crippen molar-refractivity contribution in [2.45, 2.75) is 26.2 Å². The van der Waals surface area contributed by atoms with Gasteiger partial charge in [-0.15, -0.1) is 0 Å². The van der Waals surface area contributed by atoms with E-state index in [2.05, 4.69) is 36.3 Å². The molecule has 0 aliphatic heterocycles. The molecule has 0 heterocycles. The molecule has 0 amide bonds. The summed E-state index contributed by atoms with van der Waals surface area (Å²) in [5.41, 5.74) is 0. The van der Waals surface area contributed by atoms with E-state index in [0.717, 1.165) is 19.0 Å². The second-order valence-corrected chi connectivity index (χ2v) is 4.25. The van der Waals surface area contributed by atoms with Crippen LogP contribution in [0.25, 0.3) is 0 Å². The van der Waals surface area contributed by atoms with Gasteiger partial charge >= 0.3 is 0 Å². The molecule has 82 valence electrons. The summed E-state index contributed by atoms with van der Waals surface area (Å²) in [5, 5.41) is 3.54. The van der Waals surface area contributed by atoms with Crippen LogP contribution in [0.2, 0.25) is 0 Å². The van der Waals surface area contributed by atoms with E-state index in [4.69, 9.17) is 0 Å². The smallest absolute Gasteiger partial charge is 0.0104 e. The molecule has 0 radical (unpaired) electrons. The molecule has 0 aromatic heterocycles. The van der Waals surface area contributed by atoms with Gasteiger partial charge in [0.05, 0.1) is 0 Å². The molecular weight excluding hydrogens is 172 g/mol. The third-order valence-corrected chi connectivity index (χ3v) is 3.02. The Morgan fingerprint density at radius 3 is 2.93 bits per heavy atom. The lowest BCUT2D eigenvalue weighted by Crippen LogP contribution is -2.32. The van der Waals surface area contributed by atoms with Crippen molar-refractivity contribution in [2.24, 2.45) is 5.92 Å². The van der Waals surface area contributed by atoms with Gasteiger partial charge in [-0.2, -0.15) is 0 Å². The van der Waals surface area contributed by atoms with Crippen molar-refractivity contribution < 1.29 is 0 Å². The van der Waals surface area contributed by atoms with E-state index in [1.807, 2.05) is 0 Å². The summed E-state index contributed by atoms with van der Waals surface area (Å²) in [6.45, 7) is 6.84. The number of allylic oxidation sites excluding steroid dienone is 2. The van der Waals surface area contributed by atoms with Gasteiger partial charge in [-0.1, -0.05) is 19.1 Å². The summed E-state index contributed by atoms with van der Waals surface area (Å²) < 4.78 is 0. The Bertz CT molecular complexity index is 166. The quantitative estimate of drug-likeness (QED) is 0.515. The van der Waals surface area contributed by atoms with Gasteiger partial charge < -0.3 is 10.2 Å². The molecule has 1 aliphatic carbocycles. The molecule has 14 heavy (non-hydrogen) atoms. The van der Waals surface area contributed by atoms with E-state index in [1.165, 1.54) is 32.4 Å². The second-order valence-electron chi connectivity index (χ2n) is 4.25. The predicted molar refractivity (Wildman–Crippen MR) is 62.5 cm³/mol. The number of nitrogens with one attached hydrogen (secondary N) is 1. The molecule has 1 N–H and O–H groups in total. The Hall–Kier alpha value is -0.340. The van der Waals surface area contributed by atoms with E-state index < -0.39 is 0 Å². The van der Waals surface area contributed by atoms with Crippen molar-refractivity contribution in [3.63, 3.8) is 0 Å². The van der Waals surface area contributed by atoms with E-state index in [9.17, 15) is 0 Å². The fourth-order valence-electron chi connectivity index (χ4n) is 1.78. The summed E-state index contributed by atoms with van der Waals surface area (Å²) >= 11 is 0. The van der Waals surface area contributed by atoms with Gasteiger partial charge in [0.2, 0.25) is 0 Å². The highest BCUT2D eigenvalue weighted by molar-refractivity contribution is 4.90. The Morgan fingerprint density at radius 2 is 2.29 bits per heavy atom. The highest BCUT2D eigenvalue weighted by Gasteiger charge is 2.08. The Kier molecular flexibility index (Phi) is 5.88. The van der Waals surface area contributed by atoms with Crippen LogP contribution >= 0.6 is 0 Å². The normalized spacial score (nSPS) is 21.8. The van der Waals surface area contributed by atoms with Crippen molar-refractivity contribution in [1.82, 2.24) is 10.2 Å². The summed E-state index contributed by atoms with van der Waals surface area (Å²) in [7, 11) is 2.17. The van der Waals surface area contributed by atoms with Crippen LogP contribution in [0.1, 0.15) is 26.2 Å². The number of likely N-dealkylation sites (N-methyl/N-ethyl adjacent to an activating group) is 1. The van der Waals surface area contributed by atoms with Gasteiger partial charge in [0.1, 0.15) is 0 Å². The second kappa shape index (κ2) is 7.02. The molecule has 0 saturated heterocycles. The third kappa shape index (κ3) is 4.77. The highest BCUT2D eigenvalue weighted by atomic mass is 15.1. The first-order valence-corrected chi connectivity index (χ1v) is 5.87. The zero-order valence-electron chi connectivity index (χ0n) is 9.63. The molecule has 0 spiro atoms. The average Bonchev–Trinajstić information content (AvgIpc) is 2.25. The summed E-state index contributed by atoms with van der Waals surface area (Å²) in [5.74, 6) is 0.881. The third-order valence-electron chi connectivity index (χ3n) is 3.02. The number of hydrogen-bond donors (Lipinski definition) is 1. The van der Waals surface area contributed by atoms with Crippen LogP contribution in [0.5, 0.6) is 0 Å². The van der Waals surface area contributed by atoms with Gasteiger partial charge in [-0.25, -0.2) is 0 Å². The lowest BCUT2D eigenvalue weighted by Gasteiger charge is -2.19. The predicted octanol–water partition coefficient (Wildman–Crippen LogP) is 1.88. The van der Waals surface area contributed by atoms with Crippen molar-refractivity contribution >= 4 is 0 Å². The molecule has 0 saturated carbocycles. The fourth-order valence-corrected chi connectivity index (χ4v) is 1.78. The molecule has 1 aliphatic rings. The number of rotatable bonds is 6. The average molecular weight is 196 g/mol. The monoisotopic (exact) mass is 196 g/mol. The van der Waals surface area contributed by atoms with Crippen molar-refractivity contribution in [3.8, 4) is 0 Å². The zero-order chi connectivity index (χ0) is 10.2. The molecular formula is C12H24N2. The number of nitrogens with zero attached hydrogens (tertiary/aromatic N) is 1. The summed E-state index contributed by atoms with van der Waals surface area (Å²) in [6.07, 6.45) is 8.56. The highest BCUT2D eigenvalue weighted by Crippen LogP contribution is 2.16. The maximum atomic E-state index is 3.54. The minimum Gasteiger partial charge on any atom is -0.315 e. The summed E-state index contributed by atoms with van der Waals surface area (Å²) in [4.78, 5) is 2.34. The van der Waals surface area contributed by atoms with Crippen molar-refractivity contribution in [1.29, 1.82) is 0 Å². The SMILES string of the molecule is CCN(C)CCNCC1CC=CCC1. The van der Waals surface area contributed by atoms with E-state index >= 15 is 0 Å². The van der Waals surface area contributed by atoms with E-state index in [1.54, 1.807) is 0 Å². The van der Waals surface area contributed by atoms with Crippen LogP contribution in [-0.4, -0.2) is 38.1 Å². The van der Waals surface area contributed by atoms with Crippen LogP contribution in [0.3, 0.4) is 0 Å². The minimum atomic E-state index is 0.881. The molecule has 0 bridgehead atoms. The van der Waals surface area contributed by atoms with E-state index in [0.29, 0.717) is 0 Å². The van der Waals surface area contributed by atoms with E-state index in [-0.39, 0.29) is 0 Å². The van der Waals surface area contributed by atoms with Crippen molar-refractivity contribution in [3.05, 3.63) is 12.2 Å². The minimum absolute atomic E-state index is 0.881. The first-order chi connectivity index (χ1) is 6.83. The van der Waals surface area contributed by atoms with Gasteiger partial charge in [-0.05, 0) is 45.3 Å². The molecule has 2 nitrogen and oxygen atoms in total. The van der Waals surface area contributed by atoms with Crippen LogP contribution in [0, 0.1) is 5.92 Å². The first-order valence-electron chi connectivity index (χ1n) is 5.87. The van der Waals surface area contributed by atoms with Crippen LogP contribution in [-0.2, 0) is 0 Å². The lowest BCUT2D eigenvalue weighted by molar-refractivity contribution is 0.339. The van der Waals surface area contributed by atoms with Gasteiger partial charge in [0.15, 0.2) is 0 Å². The molecule has 0 fully saturated rings. The summed E-state index contributed by atoms with van der Waals surface area (Å²) in [6, 6.07) is 0. The largest absolute Gasteiger partial charge is 0.315 e.